The maximum absolute atomic E-state index is 12.9. The molecule has 21 heavy (non-hydrogen) atoms. The summed E-state index contributed by atoms with van der Waals surface area (Å²) in [7, 11) is 2.02. The third-order valence-corrected chi connectivity index (χ3v) is 6.96. The van der Waals surface area contributed by atoms with Crippen LogP contribution in [-0.4, -0.2) is 47.8 Å². The highest BCUT2D eigenvalue weighted by molar-refractivity contribution is 6.01. The minimum atomic E-state index is -0.527. The molecule has 0 aromatic carbocycles. The molecule has 5 atom stereocenters. The van der Waals surface area contributed by atoms with E-state index in [2.05, 4.69) is 4.90 Å². The molecule has 4 bridgehead atoms. The van der Waals surface area contributed by atoms with Gasteiger partial charge in [0.15, 0.2) is 0 Å². The minimum absolute atomic E-state index is 0.264. The van der Waals surface area contributed by atoms with Crippen molar-refractivity contribution in [3.05, 3.63) is 0 Å². The van der Waals surface area contributed by atoms with Crippen LogP contribution >= 0.6 is 0 Å². The van der Waals surface area contributed by atoms with Crippen LogP contribution in [0.25, 0.3) is 0 Å². The van der Waals surface area contributed by atoms with Gasteiger partial charge in [-0.25, -0.2) is 0 Å². The molecule has 1 spiro atoms. The van der Waals surface area contributed by atoms with Gasteiger partial charge in [0.05, 0.1) is 6.10 Å². The summed E-state index contributed by atoms with van der Waals surface area (Å²) >= 11 is 0. The summed E-state index contributed by atoms with van der Waals surface area (Å²) in [6.07, 6.45) is 5.02. The molecule has 4 heteroatoms. The Kier molecular flexibility index (Phi) is 2.90. The topological polar surface area (TPSA) is 57.6 Å². The van der Waals surface area contributed by atoms with Crippen LogP contribution in [0.3, 0.4) is 0 Å². The number of nitrogens with zero attached hydrogens (tertiary/aromatic N) is 1. The molecule has 5 fully saturated rings. The van der Waals surface area contributed by atoms with E-state index >= 15 is 0 Å². The van der Waals surface area contributed by atoms with Crippen molar-refractivity contribution < 1.29 is 14.7 Å². The van der Waals surface area contributed by atoms with E-state index in [1.807, 2.05) is 7.05 Å². The first-order valence-corrected chi connectivity index (χ1v) is 8.41. The van der Waals surface area contributed by atoms with Crippen molar-refractivity contribution in [2.24, 2.45) is 22.7 Å². The number of Topliss-reactive ketones (excluding diaryl/α,β-unsaturated/α-hetero) is 2. The highest BCUT2D eigenvalue weighted by Gasteiger charge is 2.73. The van der Waals surface area contributed by atoms with Gasteiger partial charge in [-0.05, 0) is 57.5 Å². The summed E-state index contributed by atoms with van der Waals surface area (Å²) in [5, 5.41) is 10.5. The van der Waals surface area contributed by atoms with Crippen molar-refractivity contribution in [1.82, 2.24) is 4.90 Å². The predicted molar refractivity (Wildman–Crippen MR) is 77.7 cm³/mol. The van der Waals surface area contributed by atoms with Crippen molar-refractivity contribution in [1.29, 1.82) is 0 Å². The Morgan fingerprint density at radius 3 is 2.81 bits per heavy atom. The van der Waals surface area contributed by atoms with E-state index < -0.39 is 16.9 Å². The minimum Gasteiger partial charge on any atom is -0.392 e. The number of rotatable bonds is 0. The largest absolute Gasteiger partial charge is 0.392 e. The molecule has 1 heterocycles. The fourth-order valence-electron chi connectivity index (χ4n) is 6.39. The highest BCUT2D eigenvalue weighted by Crippen LogP contribution is 2.71. The Morgan fingerprint density at radius 1 is 1.19 bits per heavy atom. The van der Waals surface area contributed by atoms with Gasteiger partial charge < -0.3 is 10.0 Å². The number of carbonyl (C=O) groups is 2. The maximum atomic E-state index is 12.9. The highest BCUT2D eigenvalue weighted by atomic mass is 16.3. The molecule has 0 aromatic heterocycles. The second-order valence-corrected chi connectivity index (χ2v) is 8.03. The smallest absolute Gasteiger partial charge is 0.140 e. The van der Waals surface area contributed by atoms with Crippen LogP contribution in [0, 0.1) is 22.7 Å². The van der Waals surface area contributed by atoms with Gasteiger partial charge in [0.2, 0.25) is 0 Å². The fraction of sp³-hybridized carbons (Fsp3) is 0.882. The average molecular weight is 291 g/mol. The Bertz CT molecular complexity index is 504. The van der Waals surface area contributed by atoms with E-state index in [0.717, 1.165) is 32.2 Å². The SMILES string of the molecule is CN1CCC[C@]23C(=O)C[C@@H]4C[C@H]2CC(=O)[C@@]3(C[C@H](O)C1)C4. The third-order valence-electron chi connectivity index (χ3n) is 6.96. The van der Waals surface area contributed by atoms with Crippen LogP contribution in [0.15, 0.2) is 0 Å². The molecule has 4 aliphatic carbocycles. The van der Waals surface area contributed by atoms with Gasteiger partial charge in [0.25, 0.3) is 0 Å². The lowest BCUT2D eigenvalue weighted by Gasteiger charge is -2.57. The quantitative estimate of drug-likeness (QED) is 0.733. The Morgan fingerprint density at radius 2 is 2.00 bits per heavy atom. The second kappa shape index (κ2) is 4.39. The number of likely N-dealkylation sites (N-methyl/N-ethyl adjacent to an activating group) is 1. The molecule has 5 aliphatic rings. The zero-order chi connectivity index (χ0) is 14.8. The van der Waals surface area contributed by atoms with Crippen LogP contribution in [0.5, 0.6) is 0 Å². The Balaban J connectivity index is 1.83. The predicted octanol–water partition coefficient (Wildman–Crippen LogP) is 1.41. The number of β-amino-alcohol motifs (C(OH)–C–C–N with tert-alkyl or cyclic N) is 1. The van der Waals surface area contributed by atoms with Crippen LogP contribution in [0.1, 0.15) is 44.9 Å². The van der Waals surface area contributed by atoms with E-state index in [9.17, 15) is 14.7 Å². The van der Waals surface area contributed by atoms with E-state index in [-0.39, 0.29) is 11.7 Å². The molecule has 0 amide bonds. The lowest BCUT2D eigenvalue weighted by atomic mass is 9.44. The number of carbonyl (C=O) groups excluding carboxylic acids is 2. The van der Waals surface area contributed by atoms with E-state index in [1.54, 1.807) is 0 Å². The number of ketones is 2. The summed E-state index contributed by atoms with van der Waals surface area (Å²) < 4.78 is 0. The fourth-order valence-corrected chi connectivity index (χ4v) is 6.39. The van der Waals surface area contributed by atoms with Crippen LogP contribution in [-0.2, 0) is 9.59 Å². The van der Waals surface area contributed by atoms with Gasteiger partial charge in [-0.1, -0.05) is 0 Å². The van der Waals surface area contributed by atoms with Gasteiger partial charge in [-0.3, -0.25) is 9.59 Å². The third kappa shape index (κ3) is 1.63. The lowest BCUT2D eigenvalue weighted by Crippen LogP contribution is -2.59. The number of hydrogen-bond acceptors (Lipinski definition) is 4. The molecule has 1 N–H and O–H groups in total. The van der Waals surface area contributed by atoms with Gasteiger partial charge in [0, 0.05) is 30.2 Å². The number of aliphatic hydroxyl groups excluding tert-OH is 1. The molecular formula is C17H25NO3. The zero-order valence-corrected chi connectivity index (χ0v) is 12.8. The molecule has 116 valence electrons. The Hall–Kier alpha value is -0.740. The molecule has 0 unspecified atom stereocenters. The van der Waals surface area contributed by atoms with Gasteiger partial charge in [-0.2, -0.15) is 0 Å². The molecule has 5 rings (SSSR count). The molecular weight excluding hydrogens is 266 g/mol. The monoisotopic (exact) mass is 291 g/mol. The first-order valence-electron chi connectivity index (χ1n) is 8.41. The van der Waals surface area contributed by atoms with Crippen LogP contribution in [0.4, 0.5) is 0 Å². The van der Waals surface area contributed by atoms with Crippen molar-refractivity contribution in [3.8, 4) is 0 Å². The second-order valence-electron chi connectivity index (χ2n) is 8.03. The average Bonchev–Trinajstić information content (AvgIpc) is 2.55. The van der Waals surface area contributed by atoms with Crippen LogP contribution < -0.4 is 0 Å². The van der Waals surface area contributed by atoms with Crippen molar-refractivity contribution >= 4 is 11.6 Å². The van der Waals surface area contributed by atoms with Crippen molar-refractivity contribution in [2.45, 2.75) is 51.0 Å². The molecule has 4 saturated carbocycles. The summed E-state index contributed by atoms with van der Waals surface area (Å²) in [6, 6.07) is 0. The summed E-state index contributed by atoms with van der Waals surface area (Å²) in [4.78, 5) is 27.9. The Labute approximate surface area is 125 Å². The van der Waals surface area contributed by atoms with Gasteiger partial charge >= 0.3 is 0 Å². The maximum Gasteiger partial charge on any atom is 0.140 e. The van der Waals surface area contributed by atoms with Gasteiger partial charge in [0.1, 0.15) is 11.6 Å². The molecule has 1 saturated heterocycles. The van der Waals surface area contributed by atoms with E-state index in [4.69, 9.17) is 0 Å². The van der Waals surface area contributed by atoms with Gasteiger partial charge in [-0.15, -0.1) is 0 Å². The number of aliphatic hydroxyl groups is 1. The van der Waals surface area contributed by atoms with E-state index in [1.165, 1.54) is 0 Å². The summed E-state index contributed by atoms with van der Waals surface area (Å²) in [5.74, 6) is 1.28. The van der Waals surface area contributed by atoms with Crippen molar-refractivity contribution in [3.63, 3.8) is 0 Å². The molecule has 0 radical (unpaired) electrons. The summed E-state index contributed by atoms with van der Waals surface area (Å²) in [6.45, 7) is 1.53. The molecule has 1 aliphatic heterocycles. The standard InChI is InChI=1S/C17H25NO3/c1-18-4-2-3-17-12-5-11(6-15(17)21)8-16(17,14(20)7-12)9-13(19)10-18/h11-13,19H,2-10H2,1H3/t11-,12-,13-,16-,17+/m0/s1. The van der Waals surface area contributed by atoms with Crippen LogP contribution in [0.2, 0.25) is 0 Å². The first kappa shape index (κ1) is 13.9. The lowest BCUT2D eigenvalue weighted by molar-refractivity contribution is -0.167. The summed E-state index contributed by atoms with van der Waals surface area (Å²) in [5.41, 5.74) is -0.953. The first-order chi connectivity index (χ1) is 9.98. The van der Waals surface area contributed by atoms with E-state index in [0.29, 0.717) is 37.5 Å². The number of hydrogen-bond donors (Lipinski definition) is 1. The van der Waals surface area contributed by atoms with Crippen molar-refractivity contribution in [2.75, 3.05) is 20.1 Å². The molecule has 4 nitrogen and oxygen atoms in total. The molecule has 0 aromatic rings. The number of fused-ring (bicyclic) bond motifs is 1. The zero-order valence-electron chi connectivity index (χ0n) is 12.8. The normalized spacial score (nSPS) is 50.5.